The second-order valence-electron chi connectivity index (χ2n) is 5.84. The number of nitrogens with zero attached hydrogens (tertiary/aromatic N) is 4. The number of rotatable bonds is 5. The summed E-state index contributed by atoms with van der Waals surface area (Å²) in [6.45, 7) is 1.97. The summed E-state index contributed by atoms with van der Waals surface area (Å²) in [7, 11) is 1.89. The molecule has 0 aliphatic carbocycles. The van der Waals surface area contributed by atoms with Gasteiger partial charge in [-0.3, -0.25) is 9.69 Å². The molecule has 0 bridgehead atoms. The lowest BCUT2D eigenvalue weighted by molar-refractivity contribution is -0.117. The van der Waals surface area contributed by atoms with Crippen molar-refractivity contribution in [2.75, 3.05) is 25.0 Å². The Morgan fingerprint density at radius 3 is 2.83 bits per heavy atom. The monoisotopic (exact) mass is 335 g/mol. The number of piperidine rings is 1. The number of thiazole rings is 1. The SMILES string of the molecule is Cn1ccnc1C(O)C1CCN(CC(=O)Nc2nccs2)CC1. The van der Waals surface area contributed by atoms with Gasteiger partial charge in [0.25, 0.3) is 0 Å². The molecule has 2 N–H and O–H groups in total. The van der Waals surface area contributed by atoms with Crippen LogP contribution in [-0.4, -0.2) is 50.1 Å². The number of nitrogens with one attached hydrogen (secondary N) is 1. The van der Waals surface area contributed by atoms with Gasteiger partial charge in [0, 0.05) is 31.0 Å². The highest BCUT2D eigenvalue weighted by molar-refractivity contribution is 7.13. The third-order valence-corrected chi connectivity index (χ3v) is 4.94. The highest BCUT2D eigenvalue weighted by Crippen LogP contribution is 2.29. The molecule has 8 heteroatoms. The minimum absolute atomic E-state index is 0.0388. The lowest BCUT2D eigenvalue weighted by atomic mass is 9.90. The molecule has 2 aromatic rings. The highest BCUT2D eigenvalue weighted by Gasteiger charge is 2.29. The van der Waals surface area contributed by atoms with E-state index >= 15 is 0 Å². The van der Waals surface area contributed by atoms with E-state index in [-0.39, 0.29) is 11.8 Å². The molecule has 3 heterocycles. The molecule has 0 saturated carbocycles. The normalized spacial score (nSPS) is 18.0. The fraction of sp³-hybridized carbons (Fsp3) is 0.533. The van der Waals surface area contributed by atoms with Crippen molar-refractivity contribution in [3.05, 3.63) is 29.8 Å². The number of amides is 1. The van der Waals surface area contributed by atoms with Crippen molar-refractivity contribution < 1.29 is 9.90 Å². The first-order chi connectivity index (χ1) is 11.1. The molecule has 1 aliphatic heterocycles. The van der Waals surface area contributed by atoms with E-state index in [1.165, 1.54) is 11.3 Å². The number of hydrogen-bond donors (Lipinski definition) is 2. The van der Waals surface area contributed by atoms with E-state index in [0.717, 1.165) is 25.9 Å². The number of anilines is 1. The third kappa shape index (κ3) is 3.95. The van der Waals surface area contributed by atoms with Gasteiger partial charge in [-0.05, 0) is 31.8 Å². The largest absolute Gasteiger partial charge is 0.385 e. The van der Waals surface area contributed by atoms with Crippen molar-refractivity contribution in [1.82, 2.24) is 19.4 Å². The smallest absolute Gasteiger partial charge is 0.240 e. The zero-order chi connectivity index (χ0) is 16.2. The van der Waals surface area contributed by atoms with Crippen molar-refractivity contribution >= 4 is 22.4 Å². The zero-order valence-electron chi connectivity index (χ0n) is 13.1. The van der Waals surface area contributed by atoms with E-state index in [4.69, 9.17) is 0 Å². The van der Waals surface area contributed by atoms with Gasteiger partial charge in [-0.25, -0.2) is 9.97 Å². The highest BCUT2D eigenvalue weighted by atomic mass is 32.1. The van der Waals surface area contributed by atoms with Gasteiger partial charge in [0.05, 0.1) is 6.54 Å². The van der Waals surface area contributed by atoms with Gasteiger partial charge in [0.15, 0.2) is 5.13 Å². The maximum absolute atomic E-state index is 12.0. The number of aliphatic hydroxyl groups is 1. The summed E-state index contributed by atoms with van der Waals surface area (Å²) in [5.74, 6) is 0.863. The second-order valence-corrected chi connectivity index (χ2v) is 6.73. The Balaban J connectivity index is 1.47. The van der Waals surface area contributed by atoms with Crippen molar-refractivity contribution in [2.24, 2.45) is 13.0 Å². The van der Waals surface area contributed by atoms with E-state index in [9.17, 15) is 9.90 Å². The lowest BCUT2D eigenvalue weighted by Gasteiger charge is -2.33. The molecule has 1 aliphatic rings. The van der Waals surface area contributed by atoms with Crippen LogP contribution >= 0.6 is 11.3 Å². The lowest BCUT2D eigenvalue weighted by Crippen LogP contribution is -2.40. The molecule has 0 aromatic carbocycles. The van der Waals surface area contributed by atoms with Gasteiger partial charge < -0.3 is 15.0 Å². The zero-order valence-corrected chi connectivity index (χ0v) is 13.9. The quantitative estimate of drug-likeness (QED) is 0.859. The second kappa shape index (κ2) is 7.20. The van der Waals surface area contributed by atoms with Crippen LogP contribution in [0, 0.1) is 5.92 Å². The van der Waals surface area contributed by atoms with Crippen LogP contribution in [0.25, 0.3) is 0 Å². The van der Waals surface area contributed by atoms with Gasteiger partial charge >= 0.3 is 0 Å². The number of aryl methyl sites for hydroxylation is 1. The molecular weight excluding hydrogens is 314 g/mol. The number of carbonyl (C=O) groups is 1. The van der Waals surface area contributed by atoms with Gasteiger partial charge in [-0.1, -0.05) is 0 Å². The minimum atomic E-state index is -0.540. The minimum Gasteiger partial charge on any atom is -0.385 e. The molecule has 1 fully saturated rings. The number of imidazole rings is 1. The summed E-state index contributed by atoms with van der Waals surface area (Å²) < 4.78 is 1.86. The molecule has 1 saturated heterocycles. The van der Waals surface area contributed by atoms with Gasteiger partial charge in [-0.2, -0.15) is 0 Å². The van der Waals surface area contributed by atoms with E-state index < -0.39 is 6.10 Å². The van der Waals surface area contributed by atoms with Gasteiger partial charge in [0.2, 0.25) is 5.91 Å². The number of aromatic nitrogens is 3. The fourth-order valence-electron chi connectivity index (χ4n) is 2.95. The first kappa shape index (κ1) is 16.1. The van der Waals surface area contributed by atoms with Gasteiger partial charge in [-0.15, -0.1) is 11.3 Å². The van der Waals surface area contributed by atoms with Crippen LogP contribution in [0.1, 0.15) is 24.8 Å². The van der Waals surface area contributed by atoms with E-state index in [0.29, 0.717) is 17.5 Å². The summed E-state index contributed by atoms with van der Waals surface area (Å²) in [5.41, 5.74) is 0. The molecule has 124 valence electrons. The Morgan fingerprint density at radius 2 is 2.22 bits per heavy atom. The third-order valence-electron chi connectivity index (χ3n) is 4.25. The van der Waals surface area contributed by atoms with Crippen molar-refractivity contribution in [3.8, 4) is 0 Å². The predicted octanol–water partition coefficient (Wildman–Crippen LogP) is 1.26. The number of carbonyl (C=O) groups excluding carboxylic acids is 1. The molecule has 0 radical (unpaired) electrons. The summed E-state index contributed by atoms with van der Waals surface area (Å²) in [5, 5.41) is 15.7. The first-order valence-corrected chi connectivity index (χ1v) is 8.58. The Morgan fingerprint density at radius 1 is 1.43 bits per heavy atom. The Hall–Kier alpha value is -1.77. The summed E-state index contributed by atoms with van der Waals surface area (Å²) in [4.78, 5) is 22.4. The summed E-state index contributed by atoms with van der Waals surface area (Å²) in [6.07, 6.45) is 6.40. The topological polar surface area (TPSA) is 83.3 Å². The van der Waals surface area contributed by atoms with Crippen LogP contribution in [0.4, 0.5) is 5.13 Å². The molecule has 0 spiro atoms. The molecule has 7 nitrogen and oxygen atoms in total. The van der Waals surface area contributed by atoms with Crippen molar-refractivity contribution in [1.29, 1.82) is 0 Å². The molecule has 1 unspecified atom stereocenters. The molecule has 23 heavy (non-hydrogen) atoms. The first-order valence-electron chi connectivity index (χ1n) is 7.70. The van der Waals surface area contributed by atoms with E-state index in [2.05, 4.69) is 20.2 Å². The maximum atomic E-state index is 12.0. The van der Waals surface area contributed by atoms with Crippen molar-refractivity contribution in [2.45, 2.75) is 18.9 Å². The molecule has 2 aromatic heterocycles. The predicted molar refractivity (Wildman–Crippen MR) is 88.1 cm³/mol. The molecule has 1 atom stereocenters. The van der Waals surface area contributed by atoms with Crippen LogP contribution in [0.15, 0.2) is 24.0 Å². The standard InChI is InChI=1S/C15H21N5O2S/c1-19-8-4-16-14(19)13(22)11-2-6-20(7-3-11)10-12(21)18-15-17-5-9-23-15/h4-5,8-9,11,13,22H,2-3,6-7,10H2,1H3,(H,17,18,21). The van der Waals surface area contributed by atoms with Crippen LogP contribution in [0.3, 0.4) is 0 Å². The number of hydrogen-bond acceptors (Lipinski definition) is 6. The Bertz CT molecular complexity index is 634. The number of likely N-dealkylation sites (tertiary alicyclic amines) is 1. The fourth-order valence-corrected chi connectivity index (χ4v) is 3.49. The Labute approximate surface area is 139 Å². The van der Waals surface area contributed by atoms with Crippen LogP contribution in [0.2, 0.25) is 0 Å². The summed E-state index contributed by atoms with van der Waals surface area (Å²) in [6, 6.07) is 0. The van der Waals surface area contributed by atoms with Gasteiger partial charge in [0.1, 0.15) is 11.9 Å². The van der Waals surface area contributed by atoms with E-state index in [1.54, 1.807) is 12.4 Å². The van der Waals surface area contributed by atoms with E-state index in [1.807, 2.05) is 23.2 Å². The Kier molecular flexibility index (Phi) is 5.04. The van der Waals surface area contributed by atoms with Crippen molar-refractivity contribution in [3.63, 3.8) is 0 Å². The molecule has 3 rings (SSSR count). The van der Waals surface area contributed by atoms with Crippen LogP contribution < -0.4 is 5.32 Å². The molecule has 1 amide bonds. The van der Waals surface area contributed by atoms with Crippen LogP contribution in [-0.2, 0) is 11.8 Å². The average molecular weight is 335 g/mol. The number of aliphatic hydroxyl groups excluding tert-OH is 1. The van der Waals surface area contributed by atoms with Crippen LogP contribution in [0.5, 0.6) is 0 Å². The average Bonchev–Trinajstić information content (AvgIpc) is 3.19. The maximum Gasteiger partial charge on any atom is 0.240 e. The molecular formula is C15H21N5O2S. The summed E-state index contributed by atoms with van der Waals surface area (Å²) >= 11 is 1.41.